The van der Waals surface area contributed by atoms with E-state index in [-0.39, 0.29) is 18.7 Å². The van der Waals surface area contributed by atoms with Crippen molar-refractivity contribution in [2.75, 3.05) is 13.3 Å². The van der Waals surface area contributed by atoms with Crippen LogP contribution in [-0.2, 0) is 17.9 Å². The van der Waals surface area contributed by atoms with Crippen LogP contribution in [0.15, 0.2) is 47.1 Å². The number of fused-ring (bicyclic) bond motifs is 1. The first-order chi connectivity index (χ1) is 14.7. The van der Waals surface area contributed by atoms with Crippen LogP contribution in [0.3, 0.4) is 0 Å². The third kappa shape index (κ3) is 4.11. The van der Waals surface area contributed by atoms with Gasteiger partial charge in [0, 0.05) is 37.3 Å². The number of hydrogen-bond acceptors (Lipinski definition) is 8. The van der Waals surface area contributed by atoms with Gasteiger partial charge in [0.1, 0.15) is 0 Å². The standard InChI is InChI=1S/C21H21N5O4/c27-19-7-5-16(23-19)11-26(10-15-3-1-2-8-22-15)12-20-24-21(25-30-20)14-4-6-17-18(9-14)29-13-28-17/h1-4,6,8-9,16H,5,7,10-13H2,(H,23,27)/t16-/m0/s1. The Morgan fingerprint density at radius 2 is 2.07 bits per heavy atom. The van der Waals surface area contributed by atoms with Gasteiger partial charge in [-0.1, -0.05) is 11.2 Å². The van der Waals surface area contributed by atoms with Gasteiger partial charge in [-0.15, -0.1) is 0 Å². The van der Waals surface area contributed by atoms with Crippen LogP contribution in [0, 0.1) is 0 Å². The maximum absolute atomic E-state index is 11.6. The minimum Gasteiger partial charge on any atom is -0.454 e. The summed E-state index contributed by atoms with van der Waals surface area (Å²) in [7, 11) is 0. The lowest BCUT2D eigenvalue weighted by atomic mass is 10.2. The number of carbonyl (C=O) groups is 1. The molecule has 0 spiro atoms. The van der Waals surface area contributed by atoms with E-state index < -0.39 is 0 Å². The molecule has 0 unspecified atom stereocenters. The maximum Gasteiger partial charge on any atom is 0.241 e. The van der Waals surface area contributed by atoms with E-state index in [4.69, 9.17) is 14.0 Å². The SMILES string of the molecule is O=C1CC[C@@H](CN(Cc2ccccn2)Cc2nc(-c3ccc4c(c3)OCO4)no2)N1. The molecular weight excluding hydrogens is 386 g/mol. The van der Waals surface area contributed by atoms with E-state index in [0.717, 1.165) is 17.7 Å². The van der Waals surface area contributed by atoms with E-state index in [9.17, 15) is 4.79 Å². The molecule has 154 valence electrons. The van der Waals surface area contributed by atoms with Gasteiger partial charge in [-0.2, -0.15) is 4.98 Å². The second-order valence-electron chi connectivity index (χ2n) is 7.37. The summed E-state index contributed by atoms with van der Waals surface area (Å²) in [4.78, 5) is 22.7. The highest BCUT2D eigenvalue weighted by atomic mass is 16.7. The van der Waals surface area contributed by atoms with Gasteiger partial charge in [-0.3, -0.25) is 14.7 Å². The number of carbonyl (C=O) groups excluding carboxylic acids is 1. The zero-order valence-electron chi connectivity index (χ0n) is 16.3. The second kappa shape index (κ2) is 8.11. The van der Waals surface area contributed by atoms with Gasteiger partial charge in [0.05, 0.1) is 12.2 Å². The van der Waals surface area contributed by atoms with Gasteiger partial charge in [0.15, 0.2) is 11.5 Å². The van der Waals surface area contributed by atoms with Gasteiger partial charge >= 0.3 is 0 Å². The van der Waals surface area contributed by atoms with Crippen LogP contribution in [0.4, 0.5) is 0 Å². The molecule has 9 nitrogen and oxygen atoms in total. The summed E-state index contributed by atoms with van der Waals surface area (Å²) in [6.45, 7) is 1.98. The number of benzene rings is 1. The lowest BCUT2D eigenvalue weighted by Crippen LogP contribution is -2.38. The smallest absolute Gasteiger partial charge is 0.241 e. The van der Waals surface area contributed by atoms with Crippen LogP contribution >= 0.6 is 0 Å². The monoisotopic (exact) mass is 407 g/mol. The summed E-state index contributed by atoms with van der Waals surface area (Å²) in [5.41, 5.74) is 1.74. The number of aromatic nitrogens is 3. The highest BCUT2D eigenvalue weighted by Crippen LogP contribution is 2.35. The number of ether oxygens (including phenoxy) is 2. The number of hydrogen-bond donors (Lipinski definition) is 1. The molecular formula is C21H21N5O4. The fraction of sp³-hybridized carbons (Fsp3) is 0.333. The Kier molecular flexibility index (Phi) is 5.02. The zero-order chi connectivity index (χ0) is 20.3. The third-order valence-electron chi connectivity index (χ3n) is 5.13. The van der Waals surface area contributed by atoms with Crippen molar-refractivity contribution in [3.8, 4) is 22.9 Å². The summed E-state index contributed by atoms with van der Waals surface area (Å²) in [6.07, 6.45) is 3.16. The molecule has 0 bridgehead atoms. The Bertz CT molecular complexity index is 1040. The minimum absolute atomic E-state index is 0.0978. The van der Waals surface area contributed by atoms with Gasteiger partial charge in [-0.05, 0) is 36.8 Å². The fourth-order valence-corrected chi connectivity index (χ4v) is 3.69. The molecule has 1 aromatic carbocycles. The molecule has 0 saturated carbocycles. The van der Waals surface area contributed by atoms with Crippen LogP contribution < -0.4 is 14.8 Å². The molecule has 30 heavy (non-hydrogen) atoms. The highest BCUT2D eigenvalue weighted by molar-refractivity contribution is 5.78. The number of nitrogens with one attached hydrogen (secondary N) is 1. The molecule has 1 saturated heterocycles. The molecule has 1 atom stereocenters. The zero-order valence-corrected chi connectivity index (χ0v) is 16.3. The van der Waals surface area contributed by atoms with Gasteiger partial charge in [0.2, 0.25) is 24.4 Å². The molecule has 2 aliphatic rings. The molecule has 9 heteroatoms. The lowest BCUT2D eigenvalue weighted by molar-refractivity contribution is -0.119. The van der Waals surface area contributed by atoms with Crippen molar-refractivity contribution in [1.29, 1.82) is 0 Å². The summed E-state index contributed by atoms with van der Waals surface area (Å²) in [5.74, 6) is 2.48. The molecule has 1 amide bonds. The Labute approximate surface area is 173 Å². The van der Waals surface area contributed by atoms with Gasteiger partial charge < -0.3 is 19.3 Å². The summed E-state index contributed by atoms with van der Waals surface area (Å²) in [5, 5.41) is 7.14. The van der Waals surface area contributed by atoms with Crippen molar-refractivity contribution >= 4 is 5.91 Å². The predicted octanol–water partition coefficient (Wildman–Crippen LogP) is 2.14. The summed E-state index contributed by atoms with van der Waals surface area (Å²) in [6, 6.07) is 11.5. The first kappa shape index (κ1) is 18.6. The fourth-order valence-electron chi connectivity index (χ4n) is 3.69. The molecule has 1 N–H and O–H groups in total. The van der Waals surface area contributed by atoms with E-state index in [1.165, 1.54) is 0 Å². The number of rotatable bonds is 7. The number of pyridine rings is 1. The van der Waals surface area contributed by atoms with E-state index in [2.05, 4.69) is 25.3 Å². The quantitative estimate of drug-likeness (QED) is 0.636. The van der Waals surface area contributed by atoms with Crippen molar-refractivity contribution in [2.24, 2.45) is 0 Å². The number of nitrogens with zero attached hydrogens (tertiary/aromatic N) is 4. The average molecular weight is 407 g/mol. The van der Waals surface area contributed by atoms with Crippen LogP contribution in [0.25, 0.3) is 11.4 Å². The van der Waals surface area contributed by atoms with E-state index in [1.54, 1.807) is 6.20 Å². The molecule has 3 aromatic rings. The minimum atomic E-state index is 0.0978. The first-order valence-electron chi connectivity index (χ1n) is 9.87. The molecule has 5 rings (SSSR count). The van der Waals surface area contributed by atoms with E-state index in [0.29, 0.717) is 49.3 Å². The second-order valence-corrected chi connectivity index (χ2v) is 7.37. The highest BCUT2D eigenvalue weighted by Gasteiger charge is 2.25. The maximum atomic E-state index is 11.6. The van der Waals surface area contributed by atoms with Crippen molar-refractivity contribution in [2.45, 2.75) is 32.0 Å². The normalized spacial score (nSPS) is 17.5. The van der Waals surface area contributed by atoms with Crippen molar-refractivity contribution in [1.82, 2.24) is 25.3 Å². The molecule has 0 radical (unpaired) electrons. The molecule has 2 aliphatic heterocycles. The van der Waals surface area contributed by atoms with Gasteiger partial charge in [0.25, 0.3) is 0 Å². The number of amides is 1. The Morgan fingerprint density at radius 1 is 1.13 bits per heavy atom. The van der Waals surface area contributed by atoms with Crippen molar-refractivity contribution in [3.63, 3.8) is 0 Å². The lowest BCUT2D eigenvalue weighted by Gasteiger charge is -2.23. The van der Waals surface area contributed by atoms with E-state index in [1.807, 2.05) is 36.4 Å². The van der Waals surface area contributed by atoms with Crippen molar-refractivity contribution in [3.05, 3.63) is 54.2 Å². The van der Waals surface area contributed by atoms with Crippen LogP contribution in [0.1, 0.15) is 24.4 Å². The summed E-state index contributed by atoms with van der Waals surface area (Å²) >= 11 is 0. The summed E-state index contributed by atoms with van der Waals surface area (Å²) < 4.78 is 16.3. The molecule has 0 aliphatic carbocycles. The van der Waals surface area contributed by atoms with Crippen molar-refractivity contribution < 1.29 is 18.8 Å². The molecule has 2 aromatic heterocycles. The van der Waals surface area contributed by atoms with Crippen LogP contribution in [-0.4, -0.2) is 45.3 Å². The van der Waals surface area contributed by atoms with Gasteiger partial charge in [-0.25, -0.2) is 0 Å². The van der Waals surface area contributed by atoms with Crippen LogP contribution in [0.2, 0.25) is 0 Å². The largest absolute Gasteiger partial charge is 0.454 e. The third-order valence-corrected chi connectivity index (χ3v) is 5.13. The Morgan fingerprint density at radius 3 is 2.90 bits per heavy atom. The first-order valence-corrected chi connectivity index (χ1v) is 9.87. The molecule has 1 fully saturated rings. The topological polar surface area (TPSA) is 103 Å². The predicted molar refractivity (Wildman–Crippen MR) is 105 cm³/mol. The Balaban J connectivity index is 1.32. The van der Waals surface area contributed by atoms with E-state index >= 15 is 0 Å². The molecule has 4 heterocycles. The van der Waals surface area contributed by atoms with Crippen LogP contribution in [0.5, 0.6) is 11.5 Å². The average Bonchev–Trinajstić information content (AvgIpc) is 3.49. The Hall–Kier alpha value is -3.46.